The lowest BCUT2D eigenvalue weighted by atomic mass is 10.1. The number of esters is 2. The van der Waals surface area contributed by atoms with E-state index in [4.69, 9.17) is 9.47 Å². The standard InChI is InChI=1S/C18H21N3O6S2/c1-5-6-10-7-11(22)21-18(19-10)28-8-12(23)20-15-13(16(24)26-3)9(2)14(29-15)17(25)27-4/h7H,5-6,8H2,1-4H3,(H,20,23)(H,19,21,22). The highest BCUT2D eigenvalue weighted by atomic mass is 32.2. The number of hydrogen-bond acceptors (Lipinski definition) is 9. The molecule has 0 unspecified atom stereocenters. The van der Waals surface area contributed by atoms with Gasteiger partial charge < -0.3 is 19.8 Å². The van der Waals surface area contributed by atoms with E-state index in [-0.39, 0.29) is 26.8 Å². The smallest absolute Gasteiger partial charge is 0.348 e. The Kier molecular flexibility index (Phi) is 7.97. The number of anilines is 1. The van der Waals surface area contributed by atoms with Gasteiger partial charge in [-0.1, -0.05) is 25.1 Å². The molecule has 0 aliphatic carbocycles. The SMILES string of the molecule is CCCc1cc(=O)[nH]c(SCC(=O)Nc2sc(C(=O)OC)c(C)c2C(=O)OC)n1. The minimum Gasteiger partial charge on any atom is -0.465 e. The molecular formula is C18H21N3O6S2. The fourth-order valence-corrected chi connectivity index (χ4v) is 4.29. The average molecular weight is 440 g/mol. The van der Waals surface area contributed by atoms with Crippen LogP contribution in [-0.2, 0) is 20.7 Å². The Labute approximate surface area is 175 Å². The Bertz CT molecular complexity index is 982. The van der Waals surface area contributed by atoms with Gasteiger partial charge in [0.15, 0.2) is 5.16 Å². The molecule has 0 saturated carbocycles. The Morgan fingerprint density at radius 2 is 1.93 bits per heavy atom. The molecule has 2 N–H and O–H groups in total. The zero-order valence-corrected chi connectivity index (χ0v) is 18.0. The van der Waals surface area contributed by atoms with E-state index in [9.17, 15) is 19.2 Å². The number of thioether (sulfide) groups is 1. The third-order valence-corrected chi connectivity index (χ3v) is 5.84. The molecule has 0 bridgehead atoms. The molecule has 2 heterocycles. The van der Waals surface area contributed by atoms with Gasteiger partial charge in [-0.15, -0.1) is 11.3 Å². The van der Waals surface area contributed by atoms with Gasteiger partial charge in [0.2, 0.25) is 5.91 Å². The third-order valence-electron chi connectivity index (χ3n) is 3.78. The number of H-pyrrole nitrogens is 1. The van der Waals surface area contributed by atoms with Crippen molar-refractivity contribution in [1.82, 2.24) is 9.97 Å². The van der Waals surface area contributed by atoms with Crippen LogP contribution in [0.4, 0.5) is 5.00 Å². The van der Waals surface area contributed by atoms with Crippen LogP contribution in [0.5, 0.6) is 0 Å². The van der Waals surface area contributed by atoms with Crippen molar-refractivity contribution < 1.29 is 23.9 Å². The van der Waals surface area contributed by atoms with E-state index >= 15 is 0 Å². The maximum atomic E-state index is 12.4. The molecule has 156 valence electrons. The maximum Gasteiger partial charge on any atom is 0.348 e. The number of ether oxygens (including phenoxy) is 2. The molecule has 0 fully saturated rings. The summed E-state index contributed by atoms with van der Waals surface area (Å²) in [6.07, 6.45) is 1.51. The summed E-state index contributed by atoms with van der Waals surface area (Å²) in [4.78, 5) is 55.2. The molecular weight excluding hydrogens is 418 g/mol. The summed E-state index contributed by atoms with van der Waals surface area (Å²) in [6.45, 7) is 3.56. The monoisotopic (exact) mass is 439 g/mol. The lowest BCUT2D eigenvalue weighted by Crippen LogP contribution is -2.17. The number of thiophene rings is 1. The molecule has 0 radical (unpaired) electrons. The molecule has 0 aliphatic rings. The van der Waals surface area contributed by atoms with E-state index in [0.29, 0.717) is 22.8 Å². The zero-order chi connectivity index (χ0) is 21.6. The Balaban J connectivity index is 2.17. The van der Waals surface area contributed by atoms with E-state index in [1.165, 1.54) is 20.3 Å². The highest BCUT2D eigenvalue weighted by molar-refractivity contribution is 7.99. The van der Waals surface area contributed by atoms with Crippen molar-refractivity contribution in [2.45, 2.75) is 31.8 Å². The molecule has 2 aromatic rings. The van der Waals surface area contributed by atoms with Crippen LogP contribution in [-0.4, -0.2) is 47.8 Å². The summed E-state index contributed by atoms with van der Waals surface area (Å²) in [7, 11) is 2.44. The first kappa shape index (κ1) is 22.6. The summed E-state index contributed by atoms with van der Waals surface area (Å²) >= 11 is 2.00. The molecule has 11 heteroatoms. The number of nitrogens with zero attached hydrogens (tertiary/aromatic N) is 1. The number of amides is 1. The lowest BCUT2D eigenvalue weighted by molar-refractivity contribution is -0.113. The Morgan fingerprint density at radius 1 is 1.24 bits per heavy atom. The molecule has 2 rings (SSSR count). The van der Waals surface area contributed by atoms with E-state index < -0.39 is 17.8 Å². The number of rotatable bonds is 8. The number of carbonyl (C=O) groups is 3. The first-order chi connectivity index (χ1) is 13.8. The number of aryl methyl sites for hydroxylation is 1. The van der Waals surface area contributed by atoms with Crippen LogP contribution in [0.1, 0.15) is 44.6 Å². The summed E-state index contributed by atoms with van der Waals surface area (Å²) in [5.41, 5.74) is 0.849. The summed E-state index contributed by atoms with van der Waals surface area (Å²) in [5.74, 6) is -1.76. The van der Waals surface area contributed by atoms with Gasteiger partial charge in [0.05, 0.1) is 25.5 Å². The third kappa shape index (κ3) is 5.67. The van der Waals surface area contributed by atoms with Crippen molar-refractivity contribution >= 4 is 45.9 Å². The number of nitrogens with one attached hydrogen (secondary N) is 2. The van der Waals surface area contributed by atoms with Crippen molar-refractivity contribution in [2.75, 3.05) is 25.3 Å². The van der Waals surface area contributed by atoms with Gasteiger partial charge in [0.1, 0.15) is 9.88 Å². The van der Waals surface area contributed by atoms with Crippen LogP contribution in [0, 0.1) is 6.92 Å². The molecule has 0 atom stereocenters. The predicted molar refractivity (Wildman–Crippen MR) is 110 cm³/mol. The molecule has 29 heavy (non-hydrogen) atoms. The zero-order valence-electron chi connectivity index (χ0n) is 16.4. The largest absolute Gasteiger partial charge is 0.465 e. The number of aromatic amines is 1. The highest BCUT2D eigenvalue weighted by Gasteiger charge is 2.26. The van der Waals surface area contributed by atoms with Crippen LogP contribution >= 0.6 is 23.1 Å². The normalized spacial score (nSPS) is 10.5. The van der Waals surface area contributed by atoms with Gasteiger partial charge in [-0.2, -0.15) is 0 Å². The summed E-state index contributed by atoms with van der Waals surface area (Å²) in [5, 5.41) is 3.15. The van der Waals surface area contributed by atoms with Crippen LogP contribution in [0.2, 0.25) is 0 Å². The van der Waals surface area contributed by atoms with Crippen LogP contribution in [0.15, 0.2) is 16.0 Å². The van der Waals surface area contributed by atoms with E-state index in [0.717, 1.165) is 29.5 Å². The number of carbonyl (C=O) groups excluding carboxylic acids is 3. The number of aromatic nitrogens is 2. The molecule has 0 saturated heterocycles. The summed E-state index contributed by atoms with van der Waals surface area (Å²) in [6, 6.07) is 1.43. The second-order valence-electron chi connectivity index (χ2n) is 5.87. The van der Waals surface area contributed by atoms with Gasteiger partial charge in [-0.3, -0.25) is 9.59 Å². The van der Waals surface area contributed by atoms with Gasteiger partial charge >= 0.3 is 11.9 Å². The van der Waals surface area contributed by atoms with Gasteiger partial charge in [0.25, 0.3) is 5.56 Å². The average Bonchev–Trinajstić information content (AvgIpc) is 3.01. The fourth-order valence-electron chi connectivity index (χ4n) is 2.47. The molecule has 2 aromatic heterocycles. The van der Waals surface area contributed by atoms with Gasteiger partial charge in [-0.25, -0.2) is 14.6 Å². The number of methoxy groups -OCH3 is 2. The Hall–Kier alpha value is -2.66. The molecule has 9 nitrogen and oxygen atoms in total. The van der Waals surface area contributed by atoms with E-state index in [2.05, 4.69) is 15.3 Å². The van der Waals surface area contributed by atoms with E-state index in [1.54, 1.807) is 6.92 Å². The van der Waals surface area contributed by atoms with Crippen molar-refractivity contribution in [3.63, 3.8) is 0 Å². The van der Waals surface area contributed by atoms with Crippen molar-refractivity contribution in [1.29, 1.82) is 0 Å². The molecule has 1 amide bonds. The second-order valence-corrected chi connectivity index (χ2v) is 7.86. The molecule has 0 aromatic carbocycles. The predicted octanol–water partition coefficient (Wildman–Crippen LogP) is 2.40. The van der Waals surface area contributed by atoms with Gasteiger partial charge in [-0.05, 0) is 18.9 Å². The summed E-state index contributed by atoms with van der Waals surface area (Å²) < 4.78 is 9.47. The van der Waals surface area contributed by atoms with Crippen LogP contribution in [0.25, 0.3) is 0 Å². The van der Waals surface area contributed by atoms with Gasteiger partial charge in [0, 0.05) is 11.8 Å². The number of hydrogen-bond donors (Lipinski definition) is 2. The van der Waals surface area contributed by atoms with Crippen molar-refractivity contribution in [3.8, 4) is 0 Å². The first-order valence-corrected chi connectivity index (χ1v) is 10.4. The topological polar surface area (TPSA) is 127 Å². The molecule has 0 spiro atoms. The minimum atomic E-state index is -0.671. The highest BCUT2D eigenvalue weighted by Crippen LogP contribution is 2.34. The van der Waals surface area contributed by atoms with Crippen molar-refractivity contribution in [2.24, 2.45) is 0 Å². The second kappa shape index (κ2) is 10.2. The lowest BCUT2D eigenvalue weighted by Gasteiger charge is -2.06. The first-order valence-electron chi connectivity index (χ1n) is 8.63. The van der Waals surface area contributed by atoms with E-state index in [1.807, 2.05) is 6.92 Å². The van der Waals surface area contributed by atoms with Crippen molar-refractivity contribution in [3.05, 3.63) is 38.1 Å². The Morgan fingerprint density at radius 3 is 2.55 bits per heavy atom. The quantitative estimate of drug-likeness (QED) is 0.365. The van der Waals surface area contributed by atoms with Crippen LogP contribution < -0.4 is 10.9 Å². The fraction of sp³-hybridized carbons (Fsp3) is 0.389. The minimum absolute atomic E-state index is 0.0519. The van der Waals surface area contributed by atoms with Crippen LogP contribution in [0.3, 0.4) is 0 Å². The maximum absolute atomic E-state index is 12.4. The molecule has 0 aliphatic heterocycles.